The van der Waals surface area contributed by atoms with Gasteiger partial charge in [0.15, 0.2) is 9.84 Å². The normalized spacial score (nSPS) is 18.8. The monoisotopic (exact) mass is 423 g/mol. The van der Waals surface area contributed by atoms with Gasteiger partial charge in [-0.1, -0.05) is 12.8 Å². The predicted octanol–water partition coefficient (Wildman–Crippen LogP) is 1.88. The molecule has 0 aromatic carbocycles. The van der Waals surface area contributed by atoms with Crippen LogP contribution < -0.4 is 0 Å². The van der Waals surface area contributed by atoms with Crippen LogP contribution in [0.3, 0.4) is 0 Å². The molecule has 29 heavy (non-hydrogen) atoms. The maximum absolute atomic E-state index is 12.9. The predicted molar refractivity (Wildman–Crippen MR) is 112 cm³/mol. The molecule has 1 saturated heterocycles. The van der Waals surface area contributed by atoms with Gasteiger partial charge < -0.3 is 9.64 Å². The third-order valence-corrected chi connectivity index (χ3v) is 8.15. The molecule has 8 heteroatoms. The molecule has 0 spiro atoms. The second kappa shape index (κ2) is 11.0. The number of morpholine rings is 1. The van der Waals surface area contributed by atoms with E-state index < -0.39 is 9.84 Å². The topological polar surface area (TPSA) is 79.8 Å². The zero-order valence-electron chi connectivity index (χ0n) is 17.2. The van der Waals surface area contributed by atoms with E-state index in [0.29, 0.717) is 13.1 Å². The summed E-state index contributed by atoms with van der Waals surface area (Å²) in [6, 6.07) is 3.80. The summed E-state index contributed by atoms with van der Waals surface area (Å²) in [4.78, 5) is 21.1. The number of pyridine rings is 1. The van der Waals surface area contributed by atoms with E-state index in [9.17, 15) is 13.2 Å². The summed E-state index contributed by atoms with van der Waals surface area (Å²) >= 11 is 0. The van der Waals surface area contributed by atoms with Gasteiger partial charge in [0.05, 0.1) is 24.2 Å². The Kier molecular flexibility index (Phi) is 8.44. The highest BCUT2D eigenvalue weighted by Gasteiger charge is 2.29. The maximum Gasteiger partial charge on any atom is 0.223 e. The van der Waals surface area contributed by atoms with Gasteiger partial charge in [-0.3, -0.25) is 14.7 Å². The molecule has 0 bridgehead atoms. The number of carbonyl (C=O) groups excluding carboxylic acids is 1. The van der Waals surface area contributed by atoms with Crippen LogP contribution in [-0.2, 0) is 25.9 Å². The molecule has 1 aromatic heterocycles. The summed E-state index contributed by atoms with van der Waals surface area (Å²) in [5, 5.41) is -0.245. The van der Waals surface area contributed by atoms with Crippen LogP contribution in [0, 0.1) is 0 Å². The molecule has 1 aromatic rings. The average Bonchev–Trinajstić information content (AvgIpc) is 3.29. The number of sulfone groups is 1. The zero-order valence-corrected chi connectivity index (χ0v) is 18.0. The van der Waals surface area contributed by atoms with Gasteiger partial charge in [-0.2, -0.15) is 0 Å². The van der Waals surface area contributed by atoms with Crippen LogP contribution in [-0.4, -0.2) is 79.5 Å². The fraction of sp³-hybridized carbons (Fsp3) is 0.714. The van der Waals surface area contributed by atoms with Gasteiger partial charge in [0.2, 0.25) is 5.91 Å². The van der Waals surface area contributed by atoms with E-state index >= 15 is 0 Å². The first-order chi connectivity index (χ1) is 14.0. The van der Waals surface area contributed by atoms with Crippen LogP contribution in [0.25, 0.3) is 0 Å². The minimum Gasteiger partial charge on any atom is -0.379 e. The van der Waals surface area contributed by atoms with Gasteiger partial charge in [0, 0.05) is 51.5 Å². The minimum absolute atomic E-state index is 0.0349. The smallest absolute Gasteiger partial charge is 0.223 e. The molecule has 7 nitrogen and oxygen atoms in total. The Labute approximate surface area is 174 Å². The van der Waals surface area contributed by atoms with E-state index in [0.717, 1.165) is 70.5 Å². The SMILES string of the molecule is O=C(CCS(=O)(=O)C1CCCC1)N(CCCN1CCOCC1)Cc1ccncc1. The van der Waals surface area contributed by atoms with E-state index in [2.05, 4.69) is 9.88 Å². The fourth-order valence-electron chi connectivity index (χ4n) is 4.11. The number of amides is 1. The van der Waals surface area contributed by atoms with Crippen LogP contribution in [0.1, 0.15) is 44.1 Å². The van der Waals surface area contributed by atoms with Crippen molar-refractivity contribution in [2.45, 2.75) is 50.3 Å². The maximum atomic E-state index is 12.9. The summed E-state index contributed by atoms with van der Waals surface area (Å²) < 4.78 is 30.5. The van der Waals surface area contributed by atoms with Crippen molar-refractivity contribution in [1.82, 2.24) is 14.8 Å². The Morgan fingerprint density at radius 3 is 2.55 bits per heavy atom. The Morgan fingerprint density at radius 1 is 1.17 bits per heavy atom. The van der Waals surface area contributed by atoms with Gasteiger partial charge in [0.1, 0.15) is 0 Å². The Bertz CT molecular complexity index is 730. The van der Waals surface area contributed by atoms with Gasteiger partial charge in [0.25, 0.3) is 0 Å². The van der Waals surface area contributed by atoms with Crippen molar-refractivity contribution in [2.24, 2.45) is 0 Å². The van der Waals surface area contributed by atoms with Crippen molar-refractivity contribution in [3.63, 3.8) is 0 Å². The fourth-order valence-corrected chi connectivity index (χ4v) is 5.96. The third-order valence-electron chi connectivity index (χ3n) is 5.89. The lowest BCUT2D eigenvalue weighted by molar-refractivity contribution is -0.131. The largest absolute Gasteiger partial charge is 0.379 e. The Morgan fingerprint density at radius 2 is 1.86 bits per heavy atom. The average molecular weight is 424 g/mol. The second-order valence-electron chi connectivity index (χ2n) is 8.00. The van der Waals surface area contributed by atoms with Crippen molar-refractivity contribution in [3.8, 4) is 0 Å². The van der Waals surface area contributed by atoms with Crippen LogP contribution in [0.15, 0.2) is 24.5 Å². The standard InChI is InChI=1S/C21H33N3O4S/c25-21(8-17-29(26,27)20-4-1-2-5-20)24(18-19-6-9-22-10-7-19)12-3-11-23-13-15-28-16-14-23/h6-7,9-10,20H,1-5,8,11-18H2. The molecule has 1 aliphatic carbocycles. The van der Waals surface area contributed by atoms with Crippen molar-refractivity contribution in [2.75, 3.05) is 45.1 Å². The summed E-state index contributed by atoms with van der Waals surface area (Å²) in [7, 11) is -3.18. The molecule has 3 rings (SSSR count). The first-order valence-corrected chi connectivity index (χ1v) is 12.4. The van der Waals surface area contributed by atoms with Gasteiger partial charge >= 0.3 is 0 Å². The molecule has 1 aliphatic heterocycles. The Hall–Kier alpha value is -1.51. The molecule has 2 fully saturated rings. The lowest BCUT2D eigenvalue weighted by Crippen LogP contribution is -2.39. The molecule has 0 radical (unpaired) electrons. The first-order valence-electron chi connectivity index (χ1n) is 10.7. The highest BCUT2D eigenvalue weighted by atomic mass is 32.2. The van der Waals surface area contributed by atoms with E-state index in [1.165, 1.54) is 0 Å². The summed E-state index contributed by atoms with van der Waals surface area (Å²) in [6.45, 7) is 5.42. The van der Waals surface area contributed by atoms with E-state index in [1.807, 2.05) is 12.1 Å². The minimum atomic E-state index is -3.18. The number of hydrogen-bond acceptors (Lipinski definition) is 6. The number of rotatable bonds is 10. The third kappa shape index (κ3) is 7.04. The molecule has 2 heterocycles. The van der Waals surface area contributed by atoms with E-state index in [4.69, 9.17) is 4.74 Å². The molecular weight excluding hydrogens is 390 g/mol. The number of aromatic nitrogens is 1. The van der Waals surface area contributed by atoms with Crippen LogP contribution >= 0.6 is 0 Å². The molecule has 0 unspecified atom stereocenters. The summed E-state index contributed by atoms with van der Waals surface area (Å²) in [5.41, 5.74) is 1.01. The first kappa shape index (κ1) is 22.2. The highest BCUT2D eigenvalue weighted by molar-refractivity contribution is 7.92. The van der Waals surface area contributed by atoms with E-state index in [1.54, 1.807) is 17.3 Å². The summed E-state index contributed by atoms with van der Waals surface area (Å²) in [6.07, 6.45) is 7.83. The molecule has 162 valence electrons. The zero-order chi connectivity index (χ0) is 20.5. The molecular formula is C21H33N3O4S. The lowest BCUT2D eigenvalue weighted by atomic mass is 10.2. The van der Waals surface area contributed by atoms with Crippen molar-refractivity contribution < 1.29 is 17.9 Å². The van der Waals surface area contributed by atoms with Crippen LogP contribution in [0.4, 0.5) is 0 Å². The van der Waals surface area contributed by atoms with Crippen molar-refractivity contribution >= 4 is 15.7 Å². The van der Waals surface area contributed by atoms with Gasteiger partial charge in [-0.25, -0.2) is 8.42 Å². The highest BCUT2D eigenvalue weighted by Crippen LogP contribution is 2.25. The molecule has 0 atom stereocenters. The molecule has 0 N–H and O–H groups in total. The van der Waals surface area contributed by atoms with Crippen LogP contribution in [0.2, 0.25) is 0 Å². The van der Waals surface area contributed by atoms with Gasteiger partial charge in [-0.15, -0.1) is 0 Å². The Balaban J connectivity index is 1.54. The van der Waals surface area contributed by atoms with Crippen molar-refractivity contribution in [3.05, 3.63) is 30.1 Å². The number of carbonyl (C=O) groups is 1. The van der Waals surface area contributed by atoms with Gasteiger partial charge in [-0.05, 0) is 37.0 Å². The second-order valence-corrected chi connectivity index (χ2v) is 10.4. The number of hydrogen-bond donors (Lipinski definition) is 0. The van der Waals surface area contributed by atoms with Crippen molar-refractivity contribution in [1.29, 1.82) is 0 Å². The number of ether oxygens (including phenoxy) is 1. The van der Waals surface area contributed by atoms with Crippen LogP contribution in [0.5, 0.6) is 0 Å². The summed E-state index contributed by atoms with van der Waals surface area (Å²) in [5.74, 6) is -0.113. The number of nitrogens with zero attached hydrogens (tertiary/aromatic N) is 3. The molecule has 1 amide bonds. The quantitative estimate of drug-likeness (QED) is 0.572. The molecule has 2 aliphatic rings. The molecule has 1 saturated carbocycles. The van der Waals surface area contributed by atoms with E-state index in [-0.39, 0.29) is 23.3 Å². The lowest BCUT2D eigenvalue weighted by Gasteiger charge is -2.28.